The Balaban J connectivity index is 0.00000441. The lowest BCUT2D eigenvalue weighted by molar-refractivity contribution is -0.121. The van der Waals surface area contributed by atoms with Crippen molar-refractivity contribution in [3.63, 3.8) is 0 Å². The van der Waals surface area contributed by atoms with Crippen LogP contribution in [-0.2, 0) is 14.6 Å². The van der Waals surface area contributed by atoms with Gasteiger partial charge in [-0.05, 0) is 17.7 Å². The summed E-state index contributed by atoms with van der Waals surface area (Å²) in [6.07, 6.45) is -0.316. The molecule has 9 heteroatoms. The van der Waals surface area contributed by atoms with Crippen LogP contribution in [0.5, 0.6) is 0 Å². The summed E-state index contributed by atoms with van der Waals surface area (Å²) in [5.74, 6) is -0.826. The molecule has 0 aliphatic carbocycles. The molecule has 0 saturated carbocycles. The number of sulfone groups is 1. The fourth-order valence-corrected chi connectivity index (χ4v) is 2.35. The minimum Gasteiger partial charge on any atom is -0.386 e. The maximum atomic E-state index is 12.9. The van der Waals surface area contributed by atoms with Gasteiger partial charge in [0.1, 0.15) is 12.8 Å². The van der Waals surface area contributed by atoms with Gasteiger partial charge in [0.2, 0.25) is 0 Å². The van der Waals surface area contributed by atoms with E-state index in [1.165, 1.54) is 24.3 Å². The minimum absolute atomic E-state index is 0. The van der Waals surface area contributed by atoms with Crippen molar-refractivity contribution in [2.45, 2.75) is 29.3 Å². The predicted octanol–water partition coefficient (Wildman–Crippen LogP) is 2.02. The molecule has 1 aromatic carbocycles. The van der Waals surface area contributed by atoms with Crippen molar-refractivity contribution in [3.05, 3.63) is 29.8 Å². The molecule has 1 rings (SSSR count). The zero-order valence-corrected chi connectivity index (χ0v) is 13.3. The molecule has 5 nitrogen and oxygen atoms in total. The van der Waals surface area contributed by atoms with Gasteiger partial charge < -0.3 is 10.4 Å². The first-order chi connectivity index (χ1) is 9.66. The van der Waals surface area contributed by atoms with Gasteiger partial charge in [-0.3, -0.25) is 4.79 Å². The fourth-order valence-electron chi connectivity index (χ4n) is 1.59. The van der Waals surface area contributed by atoms with E-state index in [-0.39, 0.29) is 17.9 Å². The highest BCUT2D eigenvalue weighted by Gasteiger charge is 2.25. The van der Waals surface area contributed by atoms with Gasteiger partial charge in [-0.15, -0.1) is 0 Å². The number of carbonyl (C=O) groups excluding carboxylic acids is 1. The van der Waals surface area contributed by atoms with Crippen LogP contribution in [0.1, 0.15) is 19.1 Å². The van der Waals surface area contributed by atoms with E-state index in [1.807, 2.05) is 0 Å². The third kappa shape index (κ3) is 5.72. The minimum atomic E-state index is -3.36. The smallest absolute Gasteiger partial charge is 0.253 e. The molecule has 0 aromatic heterocycles. The van der Waals surface area contributed by atoms with Crippen LogP contribution in [0, 0.1) is 0 Å². The molecular formula is C13H18Cl2FNO4S. The van der Waals surface area contributed by atoms with Gasteiger partial charge in [0, 0.05) is 6.26 Å². The zero-order valence-electron chi connectivity index (χ0n) is 11.0. The molecule has 0 bridgehead atoms. The lowest BCUT2D eigenvalue weighted by atomic mass is 10.0. The molecular weight excluding hydrogens is 356 g/mol. The Hall–Kier alpha value is -0.890. The first-order valence-corrected chi connectivity index (χ1v) is 8.55. The van der Waals surface area contributed by atoms with Crippen molar-refractivity contribution in [1.29, 1.82) is 0 Å². The van der Waals surface area contributed by atoms with Crippen molar-refractivity contribution < 1.29 is 22.7 Å². The van der Waals surface area contributed by atoms with E-state index in [2.05, 4.69) is 5.32 Å². The Bertz CT molecular complexity index is 593. The number of carbonyl (C=O) groups is 1. The average molecular weight is 374 g/mol. The zero-order chi connectivity index (χ0) is 16.2. The van der Waals surface area contributed by atoms with Crippen molar-refractivity contribution in [2.24, 2.45) is 0 Å². The summed E-state index contributed by atoms with van der Waals surface area (Å²) in [6, 6.07) is 4.03. The Morgan fingerprint density at radius 2 is 1.82 bits per heavy atom. The highest BCUT2D eigenvalue weighted by atomic mass is 35.5. The number of alkyl halides is 3. The van der Waals surface area contributed by atoms with Gasteiger partial charge in [-0.1, -0.05) is 42.8 Å². The topological polar surface area (TPSA) is 83.5 Å². The van der Waals surface area contributed by atoms with Crippen LogP contribution in [-0.4, -0.2) is 43.2 Å². The molecule has 0 fully saturated rings. The number of benzene rings is 1. The summed E-state index contributed by atoms with van der Waals surface area (Å²) < 4.78 is 35.6. The lowest BCUT2D eigenvalue weighted by Crippen LogP contribution is -2.43. The average Bonchev–Trinajstić information content (AvgIpc) is 2.42. The maximum absolute atomic E-state index is 12.9. The summed E-state index contributed by atoms with van der Waals surface area (Å²) >= 11 is 10.7. The van der Waals surface area contributed by atoms with E-state index in [1.54, 1.807) is 0 Å². The molecule has 2 N–H and O–H groups in total. The summed E-state index contributed by atoms with van der Waals surface area (Å²) in [4.78, 5) is 10.00. The standard InChI is InChI=1S/C12H14Cl2FNO4S.CH4/c1-21(19,20)8-4-2-7(3-5-8)10(17)9(6-15)16-12(18)11(13)14;/h2-5,9-11,17H,6H2,1H3,(H,16,18);1H4/t9-,10-;/m1./s1. The van der Waals surface area contributed by atoms with Crippen molar-refractivity contribution >= 4 is 38.9 Å². The molecule has 0 saturated heterocycles. The van der Waals surface area contributed by atoms with Gasteiger partial charge in [-0.25, -0.2) is 12.8 Å². The summed E-state index contributed by atoms with van der Waals surface area (Å²) in [5.41, 5.74) is 0.256. The molecule has 0 unspecified atom stereocenters. The molecule has 1 aromatic rings. The van der Waals surface area contributed by atoms with E-state index in [0.29, 0.717) is 0 Å². The van der Waals surface area contributed by atoms with Gasteiger partial charge in [0.25, 0.3) is 5.91 Å². The predicted molar refractivity (Wildman–Crippen MR) is 84.6 cm³/mol. The van der Waals surface area contributed by atoms with Crippen LogP contribution in [0.15, 0.2) is 29.2 Å². The Labute approximate surface area is 139 Å². The number of hydrogen-bond acceptors (Lipinski definition) is 4. The van der Waals surface area contributed by atoms with Gasteiger partial charge in [0.05, 0.1) is 10.9 Å². The quantitative estimate of drug-likeness (QED) is 0.747. The molecule has 0 heterocycles. The second-order valence-corrected chi connectivity index (χ2v) is 7.47. The van der Waals surface area contributed by atoms with Crippen LogP contribution in [0.25, 0.3) is 0 Å². The highest BCUT2D eigenvalue weighted by molar-refractivity contribution is 7.90. The number of amides is 1. The summed E-state index contributed by atoms with van der Waals surface area (Å²) in [6.45, 7) is -1.04. The fraction of sp³-hybridized carbons (Fsp3) is 0.462. The molecule has 126 valence electrons. The SMILES string of the molecule is C.CS(=O)(=O)c1ccc([C@@H](O)[C@@H](CF)NC(=O)C(Cl)Cl)cc1. The molecule has 0 spiro atoms. The monoisotopic (exact) mass is 373 g/mol. The largest absolute Gasteiger partial charge is 0.386 e. The summed E-state index contributed by atoms with van der Waals surface area (Å²) in [5, 5.41) is 12.2. The van der Waals surface area contributed by atoms with E-state index >= 15 is 0 Å². The molecule has 22 heavy (non-hydrogen) atoms. The van der Waals surface area contributed by atoms with Crippen LogP contribution >= 0.6 is 23.2 Å². The number of rotatable bonds is 6. The van der Waals surface area contributed by atoms with E-state index < -0.39 is 39.4 Å². The third-order valence-electron chi connectivity index (χ3n) is 2.72. The Kier molecular flexibility index (Phi) is 8.32. The first-order valence-electron chi connectivity index (χ1n) is 5.79. The Morgan fingerprint density at radius 1 is 1.32 bits per heavy atom. The van der Waals surface area contributed by atoms with Gasteiger partial charge in [-0.2, -0.15) is 0 Å². The van der Waals surface area contributed by atoms with Crippen molar-refractivity contribution in [2.75, 3.05) is 12.9 Å². The number of aliphatic hydroxyl groups is 1. The van der Waals surface area contributed by atoms with Crippen molar-refractivity contribution in [3.8, 4) is 0 Å². The number of aliphatic hydroxyl groups excluding tert-OH is 1. The normalized spacial score (nSPS) is 14.1. The molecule has 0 radical (unpaired) electrons. The number of nitrogens with one attached hydrogen (secondary N) is 1. The maximum Gasteiger partial charge on any atom is 0.253 e. The first kappa shape index (κ1) is 21.1. The van der Waals surface area contributed by atoms with Crippen molar-refractivity contribution in [1.82, 2.24) is 5.32 Å². The highest BCUT2D eigenvalue weighted by Crippen LogP contribution is 2.20. The molecule has 1 amide bonds. The van der Waals surface area contributed by atoms with Gasteiger partial charge >= 0.3 is 0 Å². The van der Waals surface area contributed by atoms with Gasteiger partial charge in [0.15, 0.2) is 14.7 Å². The third-order valence-corrected chi connectivity index (χ3v) is 4.25. The molecule has 0 aliphatic heterocycles. The number of hydrogen-bond donors (Lipinski definition) is 2. The second kappa shape index (κ2) is 8.67. The summed E-state index contributed by atoms with van der Waals surface area (Å²) in [7, 11) is -3.36. The van der Waals surface area contributed by atoms with Crippen LogP contribution in [0.4, 0.5) is 4.39 Å². The van der Waals surface area contributed by atoms with Crippen LogP contribution in [0.3, 0.4) is 0 Å². The van der Waals surface area contributed by atoms with E-state index in [4.69, 9.17) is 23.2 Å². The van der Waals surface area contributed by atoms with E-state index in [9.17, 15) is 22.7 Å². The number of halogens is 3. The second-order valence-electron chi connectivity index (χ2n) is 4.36. The Morgan fingerprint density at radius 3 is 2.18 bits per heavy atom. The molecule has 2 atom stereocenters. The lowest BCUT2D eigenvalue weighted by Gasteiger charge is -2.22. The van der Waals surface area contributed by atoms with E-state index in [0.717, 1.165) is 6.26 Å². The molecule has 0 aliphatic rings. The van der Waals surface area contributed by atoms with Crippen LogP contribution in [0.2, 0.25) is 0 Å². The van der Waals surface area contributed by atoms with Crippen LogP contribution < -0.4 is 5.32 Å².